The van der Waals surface area contributed by atoms with Gasteiger partial charge in [-0.05, 0) is 62.3 Å². The molecular weight excluding hydrogens is 262 g/mol. The number of hydrogen-bond donors (Lipinski definition) is 0. The zero-order chi connectivity index (χ0) is 15.6. The molecule has 18 heavy (non-hydrogen) atoms. The second-order valence-corrected chi connectivity index (χ2v) is 12.0. The molecule has 0 aromatic carbocycles. The van der Waals surface area contributed by atoms with Gasteiger partial charge in [0.25, 0.3) is 0 Å². The molecule has 0 nitrogen and oxygen atoms in total. The van der Waals surface area contributed by atoms with Crippen molar-refractivity contribution in [2.24, 2.45) is 0 Å². The Hall–Kier alpha value is 0.215. The molecule has 111 valence electrons. The number of hydrogen-bond acceptors (Lipinski definition) is 0. The first-order valence-electron chi connectivity index (χ1n) is 6.04. The first-order valence-corrected chi connectivity index (χ1v) is 7.39. The highest BCUT2D eigenvalue weighted by atomic mass is 31.1. The van der Waals surface area contributed by atoms with Crippen LogP contribution >= 0.6 is 7.92 Å². The van der Waals surface area contributed by atoms with Crippen molar-refractivity contribution >= 4 is 15.2 Å². The standard InChI is InChI=1S/C12H27P.BF4/c1-10(2,3)13(11(4,5)6)12(7,8)9;2-1(3,4)5/h1-9H3;/q+1;-1. The van der Waals surface area contributed by atoms with E-state index in [1.54, 1.807) is 0 Å². The molecule has 0 heterocycles. The van der Waals surface area contributed by atoms with Crippen molar-refractivity contribution in [3.63, 3.8) is 0 Å². The van der Waals surface area contributed by atoms with E-state index in [1.165, 1.54) is 0 Å². The molecule has 0 aliphatic carbocycles. The lowest BCUT2D eigenvalue weighted by Gasteiger charge is -2.37. The van der Waals surface area contributed by atoms with Crippen molar-refractivity contribution < 1.29 is 17.3 Å². The molecule has 0 saturated carbocycles. The highest BCUT2D eigenvalue weighted by molar-refractivity contribution is 7.62. The van der Waals surface area contributed by atoms with Gasteiger partial charge in [-0.15, -0.1) is 0 Å². The molecule has 0 rings (SSSR count). The zero-order valence-corrected chi connectivity index (χ0v) is 13.9. The molecule has 0 bridgehead atoms. The Morgan fingerprint density at radius 3 is 0.667 bits per heavy atom. The van der Waals surface area contributed by atoms with E-state index in [9.17, 15) is 17.3 Å². The zero-order valence-electron chi connectivity index (χ0n) is 13.0. The van der Waals surface area contributed by atoms with Crippen molar-refractivity contribution in [2.45, 2.75) is 77.8 Å². The Kier molecular flexibility index (Phi) is 6.97. The van der Waals surface area contributed by atoms with Gasteiger partial charge < -0.3 is 17.3 Å². The molecule has 0 amide bonds. The summed E-state index contributed by atoms with van der Waals surface area (Å²) >= 11 is 0. The molecule has 0 saturated heterocycles. The fourth-order valence-electron chi connectivity index (χ4n) is 3.02. The van der Waals surface area contributed by atoms with Gasteiger partial charge in [0.15, 0.2) is 7.92 Å². The van der Waals surface area contributed by atoms with Gasteiger partial charge in [-0.1, -0.05) is 0 Å². The van der Waals surface area contributed by atoms with Crippen LogP contribution in [0.4, 0.5) is 17.3 Å². The molecule has 6 heteroatoms. The number of rotatable bonds is 0. The molecule has 0 aliphatic rings. The van der Waals surface area contributed by atoms with E-state index < -0.39 is 7.25 Å². The topological polar surface area (TPSA) is 0 Å². The third kappa shape index (κ3) is 11.3. The molecule has 0 fully saturated rings. The molecular formula is C12H27BF4P. The summed E-state index contributed by atoms with van der Waals surface area (Å²) in [7, 11) is -5.98. The van der Waals surface area contributed by atoms with Gasteiger partial charge in [0.1, 0.15) is 15.5 Å². The predicted molar refractivity (Wildman–Crippen MR) is 76.4 cm³/mol. The average Bonchev–Trinajstić information content (AvgIpc) is 1.65. The molecule has 0 spiro atoms. The second kappa shape index (κ2) is 6.11. The molecule has 0 aromatic rings. The average molecular weight is 289 g/mol. The van der Waals surface area contributed by atoms with Crippen molar-refractivity contribution in [2.75, 3.05) is 0 Å². The molecule has 0 N–H and O–H groups in total. The maximum Gasteiger partial charge on any atom is 0.673 e. The fraction of sp³-hybridized carbons (Fsp3) is 1.00. The van der Waals surface area contributed by atoms with Crippen LogP contribution in [0.25, 0.3) is 0 Å². The van der Waals surface area contributed by atoms with Gasteiger partial charge in [-0.25, -0.2) is 0 Å². The van der Waals surface area contributed by atoms with Gasteiger partial charge >= 0.3 is 7.25 Å². The summed E-state index contributed by atoms with van der Waals surface area (Å²) in [6, 6.07) is 0. The summed E-state index contributed by atoms with van der Waals surface area (Å²) in [5.74, 6) is 0. The van der Waals surface area contributed by atoms with E-state index in [0.717, 1.165) is 0 Å². The predicted octanol–water partition coefficient (Wildman–Crippen LogP) is 6.16. The van der Waals surface area contributed by atoms with E-state index >= 15 is 0 Å². The van der Waals surface area contributed by atoms with Gasteiger partial charge in [0.05, 0.1) is 0 Å². The maximum atomic E-state index is 9.75. The highest BCUT2D eigenvalue weighted by Crippen LogP contribution is 2.66. The molecule has 0 aliphatic heterocycles. The summed E-state index contributed by atoms with van der Waals surface area (Å²) in [6.07, 6.45) is 0. The van der Waals surface area contributed by atoms with Gasteiger partial charge in [0.2, 0.25) is 0 Å². The quantitative estimate of drug-likeness (QED) is 0.284. The van der Waals surface area contributed by atoms with E-state index in [4.69, 9.17) is 0 Å². The third-order valence-corrected chi connectivity index (χ3v) is 6.04. The monoisotopic (exact) mass is 289 g/mol. The summed E-state index contributed by atoms with van der Waals surface area (Å²) in [5, 5.41) is 1.35. The fourth-order valence-corrected chi connectivity index (χ4v) is 9.06. The van der Waals surface area contributed by atoms with Crippen LogP contribution in [0.5, 0.6) is 0 Å². The van der Waals surface area contributed by atoms with Crippen molar-refractivity contribution in [1.82, 2.24) is 0 Å². The van der Waals surface area contributed by atoms with Gasteiger partial charge in [-0.3, -0.25) is 0 Å². The Bertz CT molecular complexity index is 203. The molecule has 0 atom stereocenters. The van der Waals surface area contributed by atoms with Gasteiger partial charge in [-0.2, -0.15) is 0 Å². The maximum absolute atomic E-state index is 9.75. The largest absolute Gasteiger partial charge is 0.673 e. The van der Waals surface area contributed by atoms with Crippen LogP contribution < -0.4 is 0 Å². The summed E-state index contributed by atoms with van der Waals surface area (Å²) in [6.45, 7) is 21.5. The Labute approximate surface area is 111 Å². The Morgan fingerprint density at radius 1 is 0.556 bits per heavy atom. The lowest BCUT2D eigenvalue weighted by molar-refractivity contribution is 0.368. The van der Waals surface area contributed by atoms with Crippen molar-refractivity contribution in [3.05, 3.63) is 0 Å². The Balaban J connectivity index is 0. The minimum Gasteiger partial charge on any atom is -0.418 e. The van der Waals surface area contributed by atoms with Crippen LogP contribution in [-0.4, -0.2) is 22.7 Å². The number of halogens is 4. The SMILES string of the molecule is CC(C)(C)[P+](C(C)(C)C)C(C)(C)C.F[B-](F)(F)F. The van der Waals surface area contributed by atoms with Crippen LogP contribution in [0, 0.1) is 0 Å². The smallest absolute Gasteiger partial charge is 0.418 e. The van der Waals surface area contributed by atoms with Crippen molar-refractivity contribution in [1.29, 1.82) is 0 Å². The van der Waals surface area contributed by atoms with E-state index in [-0.39, 0.29) is 7.92 Å². The Morgan fingerprint density at radius 2 is 0.667 bits per heavy atom. The van der Waals surface area contributed by atoms with Crippen LogP contribution in [0.1, 0.15) is 62.3 Å². The van der Waals surface area contributed by atoms with Crippen molar-refractivity contribution in [3.8, 4) is 0 Å². The first kappa shape index (κ1) is 20.5. The van der Waals surface area contributed by atoms with Crippen LogP contribution in [0.15, 0.2) is 0 Å². The lowest BCUT2D eigenvalue weighted by Crippen LogP contribution is -2.34. The first-order chi connectivity index (χ1) is 7.37. The lowest BCUT2D eigenvalue weighted by atomic mass is 10.2. The van der Waals surface area contributed by atoms with E-state index in [0.29, 0.717) is 15.5 Å². The highest BCUT2D eigenvalue weighted by Gasteiger charge is 2.54. The minimum atomic E-state index is -6.00. The molecule has 0 unspecified atom stereocenters. The summed E-state index contributed by atoms with van der Waals surface area (Å²) in [4.78, 5) is 0. The van der Waals surface area contributed by atoms with Gasteiger partial charge in [0, 0.05) is 0 Å². The van der Waals surface area contributed by atoms with E-state index in [2.05, 4.69) is 62.3 Å². The summed E-state index contributed by atoms with van der Waals surface area (Å²) < 4.78 is 39.0. The summed E-state index contributed by atoms with van der Waals surface area (Å²) in [5.41, 5.74) is 0. The molecule has 1 radical (unpaired) electrons. The minimum absolute atomic E-state index is 0.0162. The molecule has 0 aromatic heterocycles. The van der Waals surface area contributed by atoms with E-state index in [1.807, 2.05) is 0 Å². The normalized spacial score (nSPS) is 14.3. The van der Waals surface area contributed by atoms with Crippen LogP contribution in [-0.2, 0) is 0 Å². The second-order valence-electron chi connectivity index (χ2n) is 7.34. The third-order valence-electron chi connectivity index (χ3n) is 2.01. The van der Waals surface area contributed by atoms with Crippen LogP contribution in [0.3, 0.4) is 0 Å². The van der Waals surface area contributed by atoms with Crippen LogP contribution in [0.2, 0.25) is 0 Å².